The summed E-state index contributed by atoms with van der Waals surface area (Å²) in [6.45, 7) is 2.97. The molecule has 0 aromatic heterocycles. The number of imide groups is 1. The number of nitrogens with zero attached hydrogens (tertiary/aromatic N) is 2. The molecular weight excluding hydrogens is 406 g/mol. The molecule has 32 heavy (non-hydrogen) atoms. The molecule has 1 N–H and O–H groups in total. The molecule has 0 radical (unpaired) electrons. The summed E-state index contributed by atoms with van der Waals surface area (Å²) in [5.41, 5.74) is 2.78. The first kappa shape index (κ1) is 20.7. The Morgan fingerprint density at radius 2 is 1.88 bits per heavy atom. The molecule has 0 aliphatic carbocycles. The van der Waals surface area contributed by atoms with Crippen LogP contribution in [-0.2, 0) is 22.7 Å². The van der Waals surface area contributed by atoms with Crippen LogP contribution in [0.4, 0.5) is 0 Å². The average Bonchev–Trinajstić information content (AvgIpc) is 3.37. The zero-order chi connectivity index (χ0) is 22.1. The molecule has 3 amide bonds. The zero-order valence-electron chi connectivity index (χ0n) is 18.0. The Morgan fingerprint density at radius 3 is 2.69 bits per heavy atom. The number of benzene rings is 2. The van der Waals surface area contributed by atoms with Crippen LogP contribution in [0.5, 0.6) is 5.75 Å². The number of hydrogen-bond donors (Lipinski definition) is 1. The number of nitrogens with one attached hydrogen (secondary N) is 1. The molecule has 2 atom stereocenters. The van der Waals surface area contributed by atoms with Gasteiger partial charge in [0, 0.05) is 31.1 Å². The Balaban J connectivity index is 1.22. The van der Waals surface area contributed by atoms with E-state index in [0.717, 1.165) is 30.8 Å². The molecule has 3 aliphatic heterocycles. The van der Waals surface area contributed by atoms with Gasteiger partial charge in [0.2, 0.25) is 11.8 Å². The number of rotatable bonds is 6. The quantitative estimate of drug-likeness (QED) is 0.708. The molecule has 2 fully saturated rings. The minimum Gasteiger partial charge on any atom is -0.492 e. The lowest BCUT2D eigenvalue weighted by atomic mass is 10.0. The van der Waals surface area contributed by atoms with Gasteiger partial charge < -0.3 is 9.64 Å². The van der Waals surface area contributed by atoms with Crippen molar-refractivity contribution in [3.8, 4) is 5.75 Å². The highest BCUT2D eigenvalue weighted by atomic mass is 16.5. The number of piperidine rings is 1. The fourth-order valence-corrected chi connectivity index (χ4v) is 4.94. The molecule has 2 aromatic rings. The predicted molar refractivity (Wildman–Crippen MR) is 118 cm³/mol. The third kappa shape index (κ3) is 4.12. The Labute approximate surface area is 187 Å². The second kappa shape index (κ2) is 8.74. The SMILES string of the molecule is O=C1CCC(N2Cc3cc(OC[C@@H]4CCCN4Cc4ccccc4)ccc3C2=O)C(=O)N1. The summed E-state index contributed by atoms with van der Waals surface area (Å²) < 4.78 is 6.14. The van der Waals surface area contributed by atoms with Crippen LogP contribution < -0.4 is 10.1 Å². The third-order valence-electron chi connectivity index (χ3n) is 6.66. The number of likely N-dealkylation sites (tertiary alicyclic amines) is 1. The van der Waals surface area contributed by atoms with E-state index in [1.165, 1.54) is 12.0 Å². The number of ether oxygens (including phenoxy) is 1. The van der Waals surface area contributed by atoms with Crippen LogP contribution in [0.3, 0.4) is 0 Å². The Kier molecular flexibility index (Phi) is 5.66. The molecular formula is C25H27N3O4. The van der Waals surface area contributed by atoms with E-state index < -0.39 is 11.9 Å². The van der Waals surface area contributed by atoms with Crippen LogP contribution in [-0.4, -0.2) is 52.8 Å². The van der Waals surface area contributed by atoms with E-state index in [1.54, 1.807) is 11.0 Å². The molecule has 0 bridgehead atoms. The molecule has 7 heteroatoms. The van der Waals surface area contributed by atoms with E-state index in [2.05, 4.69) is 34.5 Å². The molecule has 2 saturated heterocycles. The first-order valence-electron chi connectivity index (χ1n) is 11.3. The summed E-state index contributed by atoms with van der Waals surface area (Å²) in [5.74, 6) is -0.0861. The van der Waals surface area contributed by atoms with Gasteiger partial charge >= 0.3 is 0 Å². The smallest absolute Gasteiger partial charge is 0.255 e. The fourth-order valence-electron chi connectivity index (χ4n) is 4.94. The highest BCUT2D eigenvalue weighted by Crippen LogP contribution is 2.30. The van der Waals surface area contributed by atoms with Crippen LogP contribution in [0.1, 0.15) is 47.2 Å². The van der Waals surface area contributed by atoms with Crippen LogP contribution in [0, 0.1) is 0 Å². The summed E-state index contributed by atoms with van der Waals surface area (Å²) >= 11 is 0. The third-order valence-corrected chi connectivity index (χ3v) is 6.66. The minimum absolute atomic E-state index is 0.161. The van der Waals surface area contributed by atoms with Gasteiger partial charge in [-0.3, -0.25) is 24.6 Å². The van der Waals surface area contributed by atoms with Crippen molar-refractivity contribution < 1.29 is 19.1 Å². The summed E-state index contributed by atoms with van der Waals surface area (Å²) in [6, 6.07) is 15.8. The van der Waals surface area contributed by atoms with E-state index in [0.29, 0.717) is 31.2 Å². The summed E-state index contributed by atoms with van der Waals surface area (Å²) in [7, 11) is 0. The fraction of sp³-hybridized carbons (Fsp3) is 0.400. The van der Waals surface area contributed by atoms with Gasteiger partial charge in [-0.2, -0.15) is 0 Å². The molecule has 3 heterocycles. The standard InChI is InChI=1S/C25H27N3O4/c29-23-11-10-22(24(30)26-23)28-15-18-13-20(8-9-21(18)25(28)31)32-16-19-7-4-12-27(19)14-17-5-2-1-3-6-17/h1-3,5-6,8-9,13,19,22H,4,7,10-12,14-16H2,(H,26,29,30)/t19-,22?/m0/s1. The van der Waals surface area contributed by atoms with Gasteiger partial charge in [0.25, 0.3) is 5.91 Å². The predicted octanol–water partition coefficient (Wildman–Crippen LogP) is 2.49. The van der Waals surface area contributed by atoms with Gasteiger partial charge in [-0.05, 0) is 55.1 Å². The lowest BCUT2D eigenvalue weighted by Gasteiger charge is -2.29. The van der Waals surface area contributed by atoms with Crippen molar-refractivity contribution in [1.29, 1.82) is 0 Å². The molecule has 0 spiro atoms. The second-order valence-corrected chi connectivity index (χ2v) is 8.78. The maximum Gasteiger partial charge on any atom is 0.255 e. The highest BCUT2D eigenvalue weighted by molar-refractivity contribution is 6.05. The largest absolute Gasteiger partial charge is 0.492 e. The zero-order valence-corrected chi connectivity index (χ0v) is 18.0. The van der Waals surface area contributed by atoms with Crippen LogP contribution in [0.15, 0.2) is 48.5 Å². The first-order valence-corrected chi connectivity index (χ1v) is 11.3. The molecule has 166 valence electrons. The van der Waals surface area contributed by atoms with Gasteiger partial charge in [-0.25, -0.2) is 0 Å². The van der Waals surface area contributed by atoms with Crippen LogP contribution in [0.25, 0.3) is 0 Å². The molecule has 0 saturated carbocycles. The topological polar surface area (TPSA) is 79.0 Å². The van der Waals surface area contributed by atoms with Gasteiger partial charge in [-0.1, -0.05) is 30.3 Å². The van der Waals surface area contributed by atoms with Crippen molar-refractivity contribution in [2.45, 2.75) is 50.9 Å². The second-order valence-electron chi connectivity index (χ2n) is 8.78. The van der Waals surface area contributed by atoms with E-state index >= 15 is 0 Å². The monoisotopic (exact) mass is 433 g/mol. The number of amides is 3. The van der Waals surface area contributed by atoms with Crippen molar-refractivity contribution in [3.05, 3.63) is 65.2 Å². The van der Waals surface area contributed by atoms with E-state index in [1.807, 2.05) is 18.2 Å². The molecule has 2 aromatic carbocycles. The molecule has 7 nitrogen and oxygen atoms in total. The summed E-state index contributed by atoms with van der Waals surface area (Å²) in [4.78, 5) is 40.5. The first-order chi connectivity index (χ1) is 15.6. The van der Waals surface area contributed by atoms with Crippen molar-refractivity contribution in [1.82, 2.24) is 15.1 Å². The Morgan fingerprint density at radius 1 is 1.03 bits per heavy atom. The number of hydrogen-bond acceptors (Lipinski definition) is 5. The maximum atomic E-state index is 12.8. The van der Waals surface area contributed by atoms with Crippen molar-refractivity contribution in [2.24, 2.45) is 0 Å². The Hall–Kier alpha value is -3.19. The van der Waals surface area contributed by atoms with Crippen LogP contribution >= 0.6 is 0 Å². The van der Waals surface area contributed by atoms with Gasteiger partial charge in [0.1, 0.15) is 18.4 Å². The number of carbonyl (C=O) groups is 3. The lowest BCUT2D eigenvalue weighted by Crippen LogP contribution is -2.52. The van der Waals surface area contributed by atoms with Crippen molar-refractivity contribution >= 4 is 17.7 Å². The lowest BCUT2D eigenvalue weighted by molar-refractivity contribution is -0.136. The normalized spacial score (nSPS) is 23.4. The van der Waals surface area contributed by atoms with Crippen LogP contribution in [0.2, 0.25) is 0 Å². The highest BCUT2D eigenvalue weighted by Gasteiger charge is 2.39. The van der Waals surface area contributed by atoms with Crippen molar-refractivity contribution in [2.75, 3.05) is 13.2 Å². The number of fused-ring (bicyclic) bond motifs is 1. The van der Waals surface area contributed by atoms with Crippen molar-refractivity contribution in [3.63, 3.8) is 0 Å². The Bertz CT molecular complexity index is 1040. The molecule has 5 rings (SSSR count). The van der Waals surface area contributed by atoms with E-state index in [4.69, 9.17) is 4.74 Å². The number of carbonyl (C=O) groups excluding carboxylic acids is 3. The van der Waals surface area contributed by atoms with Gasteiger partial charge in [-0.15, -0.1) is 0 Å². The summed E-state index contributed by atoms with van der Waals surface area (Å²) in [5, 5.41) is 2.34. The van der Waals surface area contributed by atoms with E-state index in [-0.39, 0.29) is 18.2 Å². The summed E-state index contributed by atoms with van der Waals surface area (Å²) in [6.07, 6.45) is 2.90. The molecule has 1 unspecified atom stereocenters. The average molecular weight is 434 g/mol. The van der Waals surface area contributed by atoms with Gasteiger partial charge in [0.15, 0.2) is 0 Å². The maximum absolute atomic E-state index is 12.8. The van der Waals surface area contributed by atoms with E-state index in [9.17, 15) is 14.4 Å². The minimum atomic E-state index is -0.595. The molecule has 3 aliphatic rings. The van der Waals surface area contributed by atoms with Gasteiger partial charge in [0.05, 0.1) is 0 Å².